The molecule has 0 radical (unpaired) electrons. The van der Waals surface area contributed by atoms with Gasteiger partial charge in [0.15, 0.2) is 18.1 Å². The second kappa shape index (κ2) is 9.52. The fraction of sp³-hybridized carbons (Fsp3) is 0.269. The van der Waals surface area contributed by atoms with Gasteiger partial charge in [-0.15, -0.1) is 0 Å². The van der Waals surface area contributed by atoms with Gasteiger partial charge in [-0.25, -0.2) is 9.78 Å². The third-order valence-corrected chi connectivity index (χ3v) is 5.93. The third-order valence-electron chi connectivity index (χ3n) is 5.93. The Bertz CT molecular complexity index is 1380. The number of fused-ring (bicyclic) bond motifs is 3. The summed E-state index contributed by atoms with van der Waals surface area (Å²) in [7, 11) is 0. The highest BCUT2D eigenvalue weighted by molar-refractivity contribution is 6.07. The lowest BCUT2D eigenvalue weighted by molar-refractivity contribution is -0.140. The Hall–Kier alpha value is -4.08. The molecule has 1 amide bonds. The normalized spacial score (nSPS) is 15.6. The van der Waals surface area contributed by atoms with E-state index in [0.29, 0.717) is 40.1 Å². The van der Waals surface area contributed by atoms with Crippen LogP contribution < -0.4 is 14.8 Å². The van der Waals surface area contributed by atoms with Gasteiger partial charge in [-0.2, -0.15) is 13.2 Å². The van der Waals surface area contributed by atoms with E-state index in [1.54, 1.807) is 29.6 Å². The summed E-state index contributed by atoms with van der Waals surface area (Å²) in [6, 6.07) is 12.7. The van der Waals surface area contributed by atoms with Crippen LogP contribution in [0.3, 0.4) is 0 Å². The monoisotopic (exact) mass is 498 g/mol. The largest absolute Gasteiger partial charge is 0.454 e. The summed E-state index contributed by atoms with van der Waals surface area (Å²) in [5.41, 5.74) is 4.01. The van der Waals surface area contributed by atoms with Gasteiger partial charge < -0.3 is 19.5 Å². The molecule has 1 aliphatic heterocycles. The van der Waals surface area contributed by atoms with Gasteiger partial charge in [-0.1, -0.05) is 24.3 Å². The van der Waals surface area contributed by atoms with Crippen LogP contribution in [0.1, 0.15) is 40.0 Å². The number of halogens is 3. The van der Waals surface area contributed by atoms with E-state index in [1.165, 1.54) is 0 Å². The predicted octanol–water partition coefficient (Wildman–Crippen LogP) is 4.68. The zero-order valence-corrected chi connectivity index (χ0v) is 19.0. The molecule has 5 rings (SSSR count). The minimum Gasteiger partial charge on any atom is -0.454 e. The van der Waals surface area contributed by atoms with Crippen molar-refractivity contribution in [2.45, 2.75) is 25.4 Å². The number of carbonyl (C=O) groups excluding carboxylic acids is 2. The van der Waals surface area contributed by atoms with E-state index in [9.17, 15) is 22.8 Å². The molecule has 0 spiro atoms. The Labute approximate surface area is 203 Å². The highest BCUT2D eigenvalue weighted by atomic mass is 19.4. The van der Waals surface area contributed by atoms with E-state index < -0.39 is 31.2 Å². The van der Waals surface area contributed by atoms with Gasteiger partial charge in [0.05, 0.1) is 16.8 Å². The van der Waals surface area contributed by atoms with Crippen LogP contribution in [0.2, 0.25) is 0 Å². The van der Waals surface area contributed by atoms with Crippen molar-refractivity contribution in [2.24, 2.45) is 0 Å². The van der Waals surface area contributed by atoms with Gasteiger partial charge in [-0.05, 0) is 60.2 Å². The second-order valence-corrected chi connectivity index (χ2v) is 8.43. The predicted molar refractivity (Wildman–Crippen MR) is 124 cm³/mol. The molecule has 0 saturated heterocycles. The van der Waals surface area contributed by atoms with E-state index in [4.69, 9.17) is 19.2 Å². The number of benzene rings is 2. The van der Waals surface area contributed by atoms with E-state index >= 15 is 0 Å². The minimum atomic E-state index is -4.55. The highest BCUT2D eigenvalue weighted by Crippen LogP contribution is 2.38. The van der Waals surface area contributed by atoms with Crippen LogP contribution in [0.25, 0.3) is 22.6 Å². The number of ether oxygens (including phenoxy) is 3. The molecule has 3 aromatic rings. The number of nitrogens with zero attached hydrogens (tertiary/aromatic N) is 1. The summed E-state index contributed by atoms with van der Waals surface area (Å²) < 4.78 is 53.0. The fourth-order valence-electron chi connectivity index (χ4n) is 4.37. The average molecular weight is 498 g/mol. The molecule has 1 N–H and O–H groups in total. The quantitative estimate of drug-likeness (QED) is 0.515. The number of nitrogens with one attached hydrogen (secondary N) is 1. The highest BCUT2D eigenvalue weighted by Gasteiger charge is 2.29. The molecule has 0 fully saturated rings. The number of allylic oxidation sites excluding steroid dienone is 1. The molecule has 10 heteroatoms. The average Bonchev–Trinajstić information content (AvgIpc) is 3.32. The van der Waals surface area contributed by atoms with Gasteiger partial charge in [0, 0.05) is 5.39 Å². The number of alkyl halides is 3. The number of rotatable bonds is 5. The molecular weight excluding hydrogens is 477 g/mol. The van der Waals surface area contributed by atoms with Gasteiger partial charge in [0.2, 0.25) is 6.79 Å². The van der Waals surface area contributed by atoms with Crippen molar-refractivity contribution >= 4 is 34.4 Å². The summed E-state index contributed by atoms with van der Waals surface area (Å²) in [4.78, 5) is 29.7. The maximum absolute atomic E-state index is 13.1. The Kier molecular flexibility index (Phi) is 6.26. The first-order valence-electron chi connectivity index (χ1n) is 11.3. The molecule has 7 nitrogen and oxygen atoms in total. The molecule has 186 valence electrons. The number of carbonyl (C=O) groups is 2. The van der Waals surface area contributed by atoms with Crippen LogP contribution in [-0.2, 0) is 16.0 Å². The van der Waals surface area contributed by atoms with Crippen molar-refractivity contribution in [2.75, 3.05) is 19.9 Å². The Morgan fingerprint density at radius 2 is 1.89 bits per heavy atom. The molecule has 2 aliphatic rings. The molecular formula is C26H21F3N2O5. The lowest BCUT2D eigenvalue weighted by Crippen LogP contribution is -2.36. The van der Waals surface area contributed by atoms with Crippen LogP contribution in [0.15, 0.2) is 42.5 Å². The minimum absolute atomic E-state index is 0.172. The second-order valence-electron chi connectivity index (χ2n) is 8.43. The van der Waals surface area contributed by atoms with Crippen molar-refractivity contribution < 1.29 is 37.0 Å². The Balaban J connectivity index is 1.48. The van der Waals surface area contributed by atoms with Crippen LogP contribution in [-0.4, -0.2) is 43.0 Å². The molecule has 0 saturated carbocycles. The van der Waals surface area contributed by atoms with E-state index in [1.807, 2.05) is 24.3 Å². The Morgan fingerprint density at radius 3 is 2.72 bits per heavy atom. The lowest BCUT2D eigenvalue weighted by Gasteiger charge is -2.22. The van der Waals surface area contributed by atoms with Crippen molar-refractivity contribution in [3.05, 3.63) is 64.8 Å². The summed E-state index contributed by atoms with van der Waals surface area (Å²) in [6.07, 6.45) is -0.505. The number of pyridine rings is 1. The summed E-state index contributed by atoms with van der Waals surface area (Å²) >= 11 is 0. The SMILES string of the molecule is O=C(COC(=O)c1c2c(nc3ccccc13)C(=Cc1ccc3c(c1)OCO3)CCC2)NCC(F)(F)F. The molecule has 2 heterocycles. The van der Waals surface area contributed by atoms with Gasteiger partial charge >= 0.3 is 12.1 Å². The lowest BCUT2D eigenvalue weighted by atomic mass is 9.86. The maximum atomic E-state index is 13.1. The summed E-state index contributed by atoms with van der Waals surface area (Å²) in [5.74, 6) is -0.484. The number of hydrogen-bond acceptors (Lipinski definition) is 6. The third kappa shape index (κ3) is 4.98. The van der Waals surface area contributed by atoms with Gasteiger partial charge in [-0.3, -0.25) is 4.79 Å². The van der Waals surface area contributed by atoms with E-state index in [0.717, 1.165) is 24.0 Å². The molecule has 36 heavy (non-hydrogen) atoms. The standard InChI is InChI=1S/C26H21F3N2O5/c27-26(28,29)13-30-22(32)12-34-25(33)23-17-5-1-2-7-19(17)31-24-16(4-3-6-18(23)24)10-15-8-9-20-21(11-15)36-14-35-20/h1-2,5,7-11H,3-4,6,12-14H2,(H,30,32). The van der Waals surface area contributed by atoms with E-state index in [2.05, 4.69) is 0 Å². The van der Waals surface area contributed by atoms with Crippen molar-refractivity contribution in [3.8, 4) is 11.5 Å². The van der Waals surface area contributed by atoms with Crippen LogP contribution >= 0.6 is 0 Å². The summed E-state index contributed by atoms with van der Waals surface area (Å²) in [5, 5.41) is 2.26. The molecule has 2 aromatic carbocycles. The fourth-order valence-corrected chi connectivity index (χ4v) is 4.37. The van der Waals surface area contributed by atoms with Crippen molar-refractivity contribution in [1.29, 1.82) is 0 Å². The molecule has 0 bridgehead atoms. The van der Waals surface area contributed by atoms with Gasteiger partial charge in [0.25, 0.3) is 5.91 Å². The van der Waals surface area contributed by atoms with Crippen molar-refractivity contribution in [3.63, 3.8) is 0 Å². The first-order chi connectivity index (χ1) is 17.3. The summed E-state index contributed by atoms with van der Waals surface area (Å²) in [6.45, 7) is -2.14. The molecule has 0 unspecified atom stereocenters. The maximum Gasteiger partial charge on any atom is 0.405 e. The number of aromatic nitrogens is 1. The molecule has 1 aromatic heterocycles. The van der Waals surface area contributed by atoms with E-state index in [-0.39, 0.29) is 12.4 Å². The number of para-hydroxylation sites is 1. The molecule has 1 aliphatic carbocycles. The van der Waals surface area contributed by atoms with Crippen LogP contribution in [0, 0.1) is 0 Å². The Morgan fingerprint density at radius 1 is 1.08 bits per heavy atom. The first kappa shape index (κ1) is 23.7. The smallest absolute Gasteiger partial charge is 0.405 e. The number of esters is 1. The molecule has 0 atom stereocenters. The first-order valence-corrected chi connectivity index (χ1v) is 11.3. The zero-order valence-electron chi connectivity index (χ0n) is 19.0. The number of amides is 1. The van der Waals surface area contributed by atoms with Crippen molar-refractivity contribution in [1.82, 2.24) is 10.3 Å². The van der Waals surface area contributed by atoms with Crippen LogP contribution in [0.5, 0.6) is 11.5 Å². The van der Waals surface area contributed by atoms with Crippen LogP contribution in [0.4, 0.5) is 13.2 Å². The topological polar surface area (TPSA) is 86.8 Å². The van der Waals surface area contributed by atoms with Gasteiger partial charge in [0.1, 0.15) is 6.54 Å². The zero-order chi connectivity index (χ0) is 25.3. The number of hydrogen-bond donors (Lipinski definition) is 1.